The summed E-state index contributed by atoms with van der Waals surface area (Å²) in [6.45, 7) is 1.54. The summed E-state index contributed by atoms with van der Waals surface area (Å²) >= 11 is 7.90. The summed E-state index contributed by atoms with van der Waals surface area (Å²) in [6, 6.07) is 7.62. The lowest BCUT2D eigenvalue weighted by Crippen LogP contribution is -2.51. The molecule has 0 radical (unpaired) electrons. The molecule has 0 aliphatic carbocycles. The van der Waals surface area contributed by atoms with E-state index in [-0.39, 0.29) is 11.6 Å². The molecule has 4 rings (SSSR count). The van der Waals surface area contributed by atoms with Gasteiger partial charge in [-0.3, -0.25) is 5.01 Å². The highest BCUT2D eigenvalue weighted by atomic mass is 35.5. The molecule has 4 heterocycles. The second kappa shape index (κ2) is 7.17. The number of anilines is 1. The molecule has 2 atom stereocenters. The van der Waals surface area contributed by atoms with Crippen molar-refractivity contribution in [3.8, 4) is 0 Å². The maximum Gasteiger partial charge on any atom is 0.146 e. The lowest BCUT2D eigenvalue weighted by molar-refractivity contribution is -0.0836. The Bertz CT molecular complexity index is 811. The number of piperidine rings is 1. The number of hydrogen-bond donors (Lipinski definition) is 3. The summed E-state index contributed by atoms with van der Waals surface area (Å²) in [5, 5.41) is 4.93. The second-order valence-corrected chi connectivity index (χ2v) is 8.37. The molecule has 8 heteroatoms. The Morgan fingerprint density at radius 2 is 2.38 bits per heavy atom. The number of hydrazine groups is 1. The number of ether oxygens (including phenoxy) is 1. The Morgan fingerprint density at radius 3 is 3.19 bits per heavy atom. The predicted octanol–water partition coefficient (Wildman–Crippen LogP) is 2.50. The second-order valence-electron chi connectivity index (χ2n) is 6.68. The molecule has 2 aliphatic heterocycles. The van der Waals surface area contributed by atoms with Crippen molar-refractivity contribution in [2.24, 2.45) is 11.6 Å². The minimum absolute atomic E-state index is 0.0228. The largest absolute Gasteiger partial charge is 0.400 e. The number of thiophene rings is 1. The van der Waals surface area contributed by atoms with Crippen molar-refractivity contribution in [1.29, 1.82) is 0 Å². The van der Waals surface area contributed by atoms with Gasteiger partial charge in [-0.1, -0.05) is 17.7 Å². The van der Waals surface area contributed by atoms with Gasteiger partial charge in [0.05, 0.1) is 17.0 Å². The molecule has 0 amide bonds. The molecule has 2 aliphatic rings. The number of fused-ring (bicyclic) bond motifs is 2. The molecule has 0 bridgehead atoms. The van der Waals surface area contributed by atoms with Crippen LogP contribution in [0.5, 0.6) is 0 Å². The van der Waals surface area contributed by atoms with Gasteiger partial charge >= 0.3 is 0 Å². The molecule has 1 unspecified atom stereocenters. The van der Waals surface area contributed by atoms with Gasteiger partial charge in [0.15, 0.2) is 0 Å². The predicted molar refractivity (Wildman–Crippen MR) is 105 cm³/mol. The van der Waals surface area contributed by atoms with Crippen LogP contribution in [0.1, 0.15) is 23.3 Å². The van der Waals surface area contributed by atoms with Crippen LogP contribution < -0.4 is 21.9 Å². The molecular weight excluding hydrogens is 370 g/mol. The van der Waals surface area contributed by atoms with E-state index in [2.05, 4.69) is 16.4 Å². The lowest BCUT2D eigenvalue weighted by Gasteiger charge is -2.43. The monoisotopic (exact) mass is 391 g/mol. The number of nitrogens with one attached hydrogen (secondary N) is 1. The molecule has 1 fully saturated rings. The molecule has 138 valence electrons. The molecule has 1 spiro atoms. The topological polar surface area (TPSA) is 89.4 Å². The van der Waals surface area contributed by atoms with E-state index in [0.717, 1.165) is 30.1 Å². The quantitative estimate of drug-likeness (QED) is 0.550. The smallest absolute Gasteiger partial charge is 0.146 e. The van der Waals surface area contributed by atoms with Crippen LogP contribution in [0.2, 0.25) is 4.34 Å². The fraction of sp³-hybridized carbons (Fsp3) is 0.389. The van der Waals surface area contributed by atoms with Gasteiger partial charge in [-0.15, -0.1) is 11.3 Å². The van der Waals surface area contributed by atoms with E-state index < -0.39 is 0 Å². The fourth-order valence-electron chi connectivity index (χ4n) is 3.74. The van der Waals surface area contributed by atoms with Gasteiger partial charge in [0.2, 0.25) is 0 Å². The van der Waals surface area contributed by atoms with Gasteiger partial charge in [0, 0.05) is 29.4 Å². The highest BCUT2D eigenvalue weighted by molar-refractivity contribution is 7.16. The van der Waals surface area contributed by atoms with Crippen LogP contribution in [0.3, 0.4) is 0 Å². The van der Waals surface area contributed by atoms with Gasteiger partial charge in [-0.05, 0) is 43.1 Å². The zero-order valence-electron chi connectivity index (χ0n) is 14.3. The Labute approximate surface area is 161 Å². The molecule has 5 N–H and O–H groups in total. The van der Waals surface area contributed by atoms with Crippen LogP contribution in [-0.4, -0.2) is 24.2 Å². The average Bonchev–Trinajstić information content (AvgIpc) is 3.05. The number of halogens is 1. The first kappa shape index (κ1) is 17.8. The van der Waals surface area contributed by atoms with E-state index in [1.54, 1.807) is 23.7 Å². The minimum atomic E-state index is -0.315. The number of nitrogens with two attached hydrogens (primary N) is 2. The van der Waals surface area contributed by atoms with E-state index in [9.17, 15) is 0 Å². The minimum Gasteiger partial charge on any atom is -0.400 e. The zero-order chi connectivity index (χ0) is 18.1. The van der Waals surface area contributed by atoms with Crippen LogP contribution in [0, 0.1) is 0 Å². The first-order chi connectivity index (χ1) is 12.6. The van der Waals surface area contributed by atoms with Gasteiger partial charge in [-0.25, -0.2) is 10.8 Å². The Hall–Kier alpha value is -1.64. The van der Waals surface area contributed by atoms with Crippen molar-refractivity contribution < 1.29 is 4.74 Å². The van der Waals surface area contributed by atoms with Crippen molar-refractivity contribution in [3.63, 3.8) is 0 Å². The van der Waals surface area contributed by atoms with E-state index in [0.29, 0.717) is 18.1 Å². The summed E-state index contributed by atoms with van der Waals surface area (Å²) in [4.78, 5) is 5.49. The lowest BCUT2D eigenvalue weighted by atomic mass is 9.82. The fourth-order valence-corrected chi connectivity index (χ4v) is 5.22. The van der Waals surface area contributed by atoms with Gasteiger partial charge in [0.1, 0.15) is 11.4 Å². The number of aromatic nitrogens is 1. The third-order valence-corrected chi connectivity index (χ3v) is 6.49. The molecule has 0 saturated carbocycles. The molecule has 2 aromatic rings. The summed E-state index contributed by atoms with van der Waals surface area (Å²) in [6.07, 6.45) is 6.01. The van der Waals surface area contributed by atoms with Crippen LogP contribution in [0.25, 0.3) is 0 Å². The molecule has 6 nitrogen and oxygen atoms in total. The van der Waals surface area contributed by atoms with Gasteiger partial charge in [-0.2, -0.15) is 0 Å². The van der Waals surface area contributed by atoms with Crippen LogP contribution in [0.4, 0.5) is 5.82 Å². The standard InChI is InChI=1S/C18H22ClN5OS/c19-15-9-12-4-8-25-18(17(12)26-15)5-7-22-14(10-18)13(20)11-24(21)16-3-1-2-6-23-16/h1-3,6,9,11,14,22H,4-5,7-8,10,20-21H2/b13-11-/t14-,18?/m0/s1. The Balaban J connectivity index is 1.56. The third kappa shape index (κ3) is 3.33. The molecule has 0 aromatic carbocycles. The highest BCUT2D eigenvalue weighted by Gasteiger charge is 2.44. The van der Waals surface area contributed by atoms with E-state index in [4.69, 9.17) is 27.9 Å². The molecule has 2 aromatic heterocycles. The van der Waals surface area contributed by atoms with Crippen molar-refractivity contribution in [2.45, 2.75) is 30.9 Å². The van der Waals surface area contributed by atoms with Crippen molar-refractivity contribution >= 4 is 28.8 Å². The van der Waals surface area contributed by atoms with Crippen LogP contribution in [-0.2, 0) is 16.8 Å². The summed E-state index contributed by atoms with van der Waals surface area (Å²) in [7, 11) is 0. The van der Waals surface area contributed by atoms with E-state index in [1.807, 2.05) is 18.2 Å². The third-order valence-electron chi connectivity index (χ3n) is 5.00. The summed E-state index contributed by atoms with van der Waals surface area (Å²) < 4.78 is 7.11. The zero-order valence-corrected chi connectivity index (χ0v) is 15.9. The average molecular weight is 392 g/mol. The number of pyridine rings is 1. The molecule has 1 saturated heterocycles. The maximum absolute atomic E-state index is 6.37. The highest BCUT2D eigenvalue weighted by Crippen LogP contribution is 2.46. The normalized spacial score (nSPS) is 25.9. The Kier molecular flexibility index (Phi) is 4.90. The molecule has 26 heavy (non-hydrogen) atoms. The first-order valence-electron chi connectivity index (χ1n) is 8.66. The van der Waals surface area contributed by atoms with Crippen molar-refractivity contribution in [3.05, 3.63) is 57.1 Å². The van der Waals surface area contributed by atoms with Crippen molar-refractivity contribution in [2.75, 3.05) is 18.2 Å². The van der Waals surface area contributed by atoms with Crippen molar-refractivity contribution in [1.82, 2.24) is 10.3 Å². The first-order valence-corrected chi connectivity index (χ1v) is 9.85. The van der Waals surface area contributed by atoms with Crippen LogP contribution >= 0.6 is 22.9 Å². The van der Waals surface area contributed by atoms with Gasteiger partial charge in [0.25, 0.3) is 0 Å². The number of rotatable bonds is 3. The van der Waals surface area contributed by atoms with Gasteiger partial charge < -0.3 is 15.8 Å². The number of nitrogens with zero attached hydrogens (tertiary/aromatic N) is 2. The van der Waals surface area contributed by atoms with E-state index >= 15 is 0 Å². The Morgan fingerprint density at radius 1 is 1.50 bits per heavy atom. The summed E-state index contributed by atoms with van der Waals surface area (Å²) in [5.41, 5.74) is 8.03. The maximum atomic E-state index is 6.37. The SMILES string of the molecule is N/C(=C\N(N)c1ccccn1)[C@@H]1CC2(CCN1)OCCc1cc(Cl)sc12. The molecular formula is C18H22ClN5OS. The van der Waals surface area contributed by atoms with E-state index in [1.165, 1.54) is 15.4 Å². The summed E-state index contributed by atoms with van der Waals surface area (Å²) in [5.74, 6) is 6.73. The van der Waals surface area contributed by atoms with Crippen LogP contribution in [0.15, 0.2) is 42.4 Å². The number of hydrogen-bond acceptors (Lipinski definition) is 7.